The zero-order valence-corrected chi connectivity index (χ0v) is 13.7. The van der Waals surface area contributed by atoms with E-state index >= 15 is 0 Å². The number of anilines is 1. The molecular formula is C13H12BrCl2NS. The fraction of sp³-hybridized carbons (Fsp3) is 0.231. The van der Waals surface area contributed by atoms with Crippen LogP contribution in [-0.4, -0.2) is 7.05 Å². The normalized spacial score (nSPS) is 10.7. The predicted molar refractivity (Wildman–Crippen MR) is 85.1 cm³/mol. The van der Waals surface area contributed by atoms with Crippen LogP contribution in [0.15, 0.2) is 34.1 Å². The molecule has 0 radical (unpaired) electrons. The molecule has 0 atom stereocenters. The van der Waals surface area contributed by atoms with Gasteiger partial charge in [-0.2, -0.15) is 0 Å². The van der Waals surface area contributed by atoms with Gasteiger partial charge in [-0.3, -0.25) is 0 Å². The minimum Gasteiger partial charge on any atom is -0.369 e. The third-order valence-corrected chi connectivity index (χ3v) is 4.96. The molecule has 0 spiro atoms. The summed E-state index contributed by atoms with van der Waals surface area (Å²) < 4.78 is 1.12. The highest BCUT2D eigenvalue weighted by Crippen LogP contribution is 2.30. The van der Waals surface area contributed by atoms with Gasteiger partial charge in [0.25, 0.3) is 0 Å². The first-order valence-corrected chi connectivity index (χ1v) is 7.97. The van der Waals surface area contributed by atoms with Crippen molar-refractivity contribution in [2.75, 3.05) is 11.9 Å². The molecule has 0 aliphatic heterocycles. The molecule has 96 valence electrons. The van der Waals surface area contributed by atoms with Crippen molar-refractivity contribution >= 4 is 56.2 Å². The van der Waals surface area contributed by atoms with Crippen molar-refractivity contribution in [2.45, 2.75) is 12.4 Å². The summed E-state index contributed by atoms with van der Waals surface area (Å²) in [6, 6.07) is 8.01. The smallest absolute Gasteiger partial charge is 0.0520 e. The van der Waals surface area contributed by atoms with Crippen LogP contribution >= 0.6 is 50.5 Å². The highest BCUT2D eigenvalue weighted by atomic mass is 79.9. The van der Waals surface area contributed by atoms with Crippen molar-refractivity contribution in [3.05, 3.63) is 49.6 Å². The van der Waals surface area contributed by atoms with Gasteiger partial charge in [0.15, 0.2) is 0 Å². The largest absolute Gasteiger partial charge is 0.369 e. The summed E-state index contributed by atoms with van der Waals surface area (Å²) in [5.41, 5.74) is 2.07. The maximum absolute atomic E-state index is 6.16. The van der Waals surface area contributed by atoms with Gasteiger partial charge in [0, 0.05) is 38.1 Å². The van der Waals surface area contributed by atoms with E-state index in [4.69, 9.17) is 23.2 Å². The van der Waals surface area contributed by atoms with Gasteiger partial charge in [-0.25, -0.2) is 0 Å². The van der Waals surface area contributed by atoms with E-state index in [9.17, 15) is 0 Å². The van der Waals surface area contributed by atoms with E-state index < -0.39 is 0 Å². The van der Waals surface area contributed by atoms with E-state index in [-0.39, 0.29) is 0 Å². The molecule has 0 amide bonds. The SMILES string of the molecule is CN(Cc1cc(Br)cs1)c1cccc(Cl)c1CCl. The summed E-state index contributed by atoms with van der Waals surface area (Å²) in [5, 5.41) is 2.81. The van der Waals surface area contributed by atoms with Crippen LogP contribution in [-0.2, 0) is 12.4 Å². The lowest BCUT2D eigenvalue weighted by Gasteiger charge is -2.21. The van der Waals surface area contributed by atoms with Gasteiger partial charge in [-0.1, -0.05) is 17.7 Å². The lowest BCUT2D eigenvalue weighted by atomic mass is 10.2. The molecule has 0 saturated carbocycles. The highest BCUT2D eigenvalue weighted by molar-refractivity contribution is 9.10. The van der Waals surface area contributed by atoms with E-state index in [0.717, 1.165) is 27.3 Å². The summed E-state index contributed by atoms with van der Waals surface area (Å²) in [6.45, 7) is 0.848. The minimum atomic E-state index is 0.424. The van der Waals surface area contributed by atoms with Crippen LogP contribution in [0.2, 0.25) is 5.02 Å². The topological polar surface area (TPSA) is 3.24 Å². The van der Waals surface area contributed by atoms with Gasteiger partial charge in [0.1, 0.15) is 0 Å². The van der Waals surface area contributed by atoms with Crippen molar-refractivity contribution in [3.63, 3.8) is 0 Å². The number of alkyl halides is 1. The summed E-state index contributed by atoms with van der Waals surface area (Å²) in [7, 11) is 2.05. The zero-order chi connectivity index (χ0) is 13.1. The monoisotopic (exact) mass is 363 g/mol. The van der Waals surface area contributed by atoms with Gasteiger partial charge < -0.3 is 4.90 Å². The Morgan fingerprint density at radius 2 is 2.17 bits per heavy atom. The second-order valence-electron chi connectivity index (χ2n) is 3.96. The number of thiophene rings is 1. The quantitative estimate of drug-likeness (QED) is 0.644. The van der Waals surface area contributed by atoms with Crippen molar-refractivity contribution in [2.24, 2.45) is 0 Å². The molecule has 0 aliphatic carbocycles. The number of hydrogen-bond acceptors (Lipinski definition) is 2. The number of hydrogen-bond donors (Lipinski definition) is 0. The average Bonchev–Trinajstić information content (AvgIpc) is 2.74. The molecule has 2 rings (SSSR count). The summed E-state index contributed by atoms with van der Waals surface area (Å²) in [5.74, 6) is 0.424. The molecule has 2 aromatic rings. The Balaban J connectivity index is 2.23. The van der Waals surface area contributed by atoms with Crippen LogP contribution in [0.4, 0.5) is 5.69 Å². The Morgan fingerprint density at radius 3 is 2.78 bits per heavy atom. The van der Waals surface area contributed by atoms with Gasteiger partial charge >= 0.3 is 0 Å². The molecule has 1 aromatic carbocycles. The van der Waals surface area contributed by atoms with Crippen LogP contribution in [0.25, 0.3) is 0 Å². The third-order valence-electron chi connectivity index (χ3n) is 2.65. The minimum absolute atomic E-state index is 0.424. The number of benzene rings is 1. The van der Waals surface area contributed by atoms with Crippen LogP contribution < -0.4 is 4.90 Å². The molecule has 1 aromatic heterocycles. The predicted octanol–water partition coefficient (Wildman–Crippen LogP) is 5.54. The summed E-state index contributed by atoms with van der Waals surface area (Å²) in [6.07, 6.45) is 0. The Kier molecular flexibility index (Phi) is 4.96. The van der Waals surface area contributed by atoms with Gasteiger partial charge in [-0.15, -0.1) is 22.9 Å². The molecule has 1 nitrogen and oxygen atoms in total. The first-order valence-electron chi connectivity index (χ1n) is 5.39. The van der Waals surface area contributed by atoms with Gasteiger partial charge in [0.05, 0.1) is 12.4 Å². The first-order chi connectivity index (χ1) is 8.61. The van der Waals surface area contributed by atoms with E-state index in [1.54, 1.807) is 11.3 Å². The Morgan fingerprint density at radius 1 is 1.39 bits per heavy atom. The van der Waals surface area contributed by atoms with Crippen molar-refractivity contribution in [1.29, 1.82) is 0 Å². The third kappa shape index (κ3) is 3.21. The molecule has 18 heavy (non-hydrogen) atoms. The van der Waals surface area contributed by atoms with Crippen molar-refractivity contribution in [1.82, 2.24) is 0 Å². The second kappa shape index (κ2) is 6.29. The summed E-state index contributed by atoms with van der Waals surface area (Å²) >= 11 is 17.3. The lowest BCUT2D eigenvalue weighted by molar-refractivity contribution is 0.932. The fourth-order valence-electron chi connectivity index (χ4n) is 1.79. The van der Waals surface area contributed by atoms with E-state index in [1.165, 1.54) is 4.88 Å². The van der Waals surface area contributed by atoms with Gasteiger partial charge in [-0.05, 0) is 34.1 Å². The fourth-order valence-corrected chi connectivity index (χ4v) is 3.88. The Labute approximate surface area is 129 Å². The molecule has 0 bridgehead atoms. The van der Waals surface area contributed by atoms with Crippen LogP contribution in [0.1, 0.15) is 10.4 Å². The molecule has 0 fully saturated rings. The second-order valence-corrected chi connectivity index (χ2v) is 6.54. The molecule has 0 unspecified atom stereocenters. The standard InChI is InChI=1S/C13H12BrCl2NS/c1-17(7-10-5-9(14)8-18-10)13-4-2-3-12(16)11(13)6-15/h2-5,8H,6-7H2,1H3. The molecule has 0 saturated heterocycles. The van der Waals surface area contributed by atoms with E-state index in [2.05, 4.69) is 39.3 Å². The number of halogens is 3. The molecule has 0 aliphatic rings. The van der Waals surface area contributed by atoms with Gasteiger partial charge in [0.2, 0.25) is 0 Å². The molecule has 0 N–H and O–H groups in total. The Bertz CT molecular complexity index is 542. The van der Waals surface area contributed by atoms with Crippen molar-refractivity contribution < 1.29 is 0 Å². The zero-order valence-electron chi connectivity index (χ0n) is 9.79. The molecular weight excluding hydrogens is 353 g/mol. The average molecular weight is 365 g/mol. The van der Waals surface area contributed by atoms with Crippen LogP contribution in [0.3, 0.4) is 0 Å². The number of rotatable bonds is 4. The van der Waals surface area contributed by atoms with Crippen LogP contribution in [0, 0.1) is 0 Å². The maximum Gasteiger partial charge on any atom is 0.0520 e. The molecule has 1 heterocycles. The maximum atomic E-state index is 6.16. The summed E-state index contributed by atoms with van der Waals surface area (Å²) in [4.78, 5) is 3.46. The van der Waals surface area contributed by atoms with Crippen LogP contribution in [0.5, 0.6) is 0 Å². The van der Waals surface area contributed by atoms with E-state index in [0.29, 0.717) is 5.88 Å². The van der Waals surface area contributed by atoms with E-state index in [1.807, 2.05) is 18.2 Å². The lowest BCUT2D eigenvalue weighted by Crippen LogP contribution is -2.17. The highest BCUT2D eigenvalue weighted by Gasteiger charge is 2.11. The first kappa shape index (κ1) is 14.2. The molecule has 5 heteroatoms. The number of nitrogens with zero attached hydrogens (tertiary/aromatic N) is 1. The van der Waals surface area contributed by atoms with Crippen molar-refractivity contribution in [3.8, 4) is 0 Å². The Hall–Kier alpha value is -0.220.